The topological polar surface area (TPSA) is 96.0 Å². The predicted octanol–water partition coefficient (Wildman–Crippen LogP) is 6.63. The van der Waals surface area contributed by atoms with E-state index in [-0.39, 0.29) is 29.5 Å². The molecule has 0 aliphatic carbocycles. The Morgan fingerprint density at radius 3 is 2.15 bits per heavy atom. The lowest BCUT2D eigenvalue weighted by Gasteiger charge is -2.34. The quantitative estimate of drug-likeness (QED) is 0.134. The molecule has 4 rings (SSSR count). The first-order valence-corrected chi connectivity index (χ1v) is 17.3. The van der Waals surface area contributed by atoms with Gasteiger partial charge in [0.05, 0.1) is 17.2 Å². The van der Waals surface area contributed by atoms with Crippen molar-refractivity contribution in [3.05, 3.63) is 125 Å². The molecule has 248 valence electrons. The van der Waals surface area contributed by atoms with Crippen molar-refractivity contribution >= 4 is 39.1 Å². The van der Waals surface area contributed by atoms with E-state index in [1.807, 2.05) is 44.2 Å². The first kappa shape index (κ1) is 35.4. The number of rotatable bonds is 16. The Hall–Kier alpha value is -4.41. The minimum Gasteiger partial charge on any atom is -0.494 e. The van der Waals surface area contributed by atoms with Gasteiger partial charge in [0.2, 0.25) is 11.8 Å². The van der Waals surface area contributed by atoms with Crippen LogP contribution in [0.4, 0.5) is 10.1 Å². The third-order valence-electron chi connectivity index (χ3n) is 7.48. The van der Waals surface area contributed by atoms with Gasteiger partial charge in [0.1, 0.15) is 24.2 Å². The number of nitrogens with one attached hydrogen (secondary N) is 1. The van der Waals surface area contributed by atoms with Crippen LogP contribution in [0, 0.1) is 5.82 Å². The van der Waals surface area contributed by atoms with Gasteiger partial charge < -0.3 is 15.0 Å². The number of halogens is 2. The summed E-state index contributed by atoms with van der Waals surface area (Å²) in [6, 6.07) is 26.0. The molecule has 47 heavy (non-hydrogen) atoms. The van der Waals surface area contributed by atoms with Crippen LogP contribution in [0.2, 0.25) is 5.02 Å². The second-order valence-electron chi connectivity index (χ2n) is 10.9. The van der Waals surface area contributed by atoms with E-state index >= 15 is 0 Å². The summed E-state index contributed by atoms with van der Waals surface area (Å²) in [5.74, 6) is -1.05. The number of nitrogens with zero attached hydrogens (tertiary/aromatic N) is 2. The van der Waals surface area contributed by atoms with E-state index in [0.717, 1.165) is 34.8 Å². The zero-order chi connectivity index (χ0) is 33.8. The molecule has 4 aromatic rings. The van der Waals surface area contributed by atoms with Crippen LogP contribution in [0.25, 0.3) is 0 Å². The highest BCUT2D eigenvalue weighted by Gasteiger charge is 2.34. The number of unbranched alkanes of at least 4 members (excludes halogenated alkanes) is 1. The fraction of sp³-hybridized carbons (Fsp3) is 0.278. The van der Waals surface area contributed by atoms with Crippen LogP contribution in [0.3, 0.4) is 0 Å². The van der Waals surface area contributed by atoms with Crippen molar-refractivity contribution in [1.82, 2.24) is 10.2 Å². The number of ether oxygens (including phenoxy) is 1. The van der Waals surface area contributed by atoms with Crippen molar-refractivity contribution < 1.29 is 27.1 Å². The molecule has 2 amide bonds. The normalized spacial score (nSPS) is 11.8. The van der Waals surface area contributed by atoms with E-state index in [4.69, 9.17) is 16.3 Å². The molecule has 0 unspecified atom stereocenters. The first-order chi connectivity index (χ1) is 22.6. The highest BCUT2D eigenvalue weighted by Crippen LogP contribution is 2.27. The third kappa shape index (κ3) is 9.79. The average molecular weight is 680 g/mol. The van der Waals surface area contributed by atoms with Crippen molar-refractivity contribution in [3.8, 4) is 5.75 Å². The van der Waals surface area contributed by atoms with Crippen LogP contribution in [-0.4, -0.2) is 50.9 Å². The maximum atomic E-state index is 14.5. The summed E-state index contributed by atoms with van der Waals surface area (Å²) in [4.78, 5) is 29.6. The predicted molar refractivity (Wildman–Crippen MR) is 182 cm³/mol. The van der Waals surface area contributed by atoms with E-state index in [1.165, 1.54) is 41.3 Å². The van der Waals surface area contributed by atoms with E-state index in [1.54, 1.807) is 24.3 Å². The maximum absolute atomic E-state index is 14.5. The summed E-state index contributed by atoms with van der Waals surface area (Å²) in [5.41, 5.74) is 1.62. The van der Waals surface area contributed by atoms with Gasteiger partial charge in [-0.25, -0.2) is 12.8 Å². The van der Waals surface area contributed by atoms with Crippen LogP contribution >= 0.6 is 11.6 Å². The van der Waals surface area contributed by atoms with Crippen molar-refractivity contribution in [3.63, 3.8) is 0 Å². The standard InChI is InChI=1S/C36H39ClFN3O5S/c1-3-5-23-39-36(43)34(24-27-9-7-6-8-10-27)40(25-28-11-13-29(37)14-12-28)35(42)26-41(31-17-15-30(38)16-18-31)47(44,45)33-21-19-32(20-22-33)46-4-2/h6-22,34H,3-5,23-26H2,1-2H3,(H,39,43)/t34-/m0/s1. The SMILES string of the molecule is CCCCNC(=O)[C@H](Cc1ccccc1)N(Cc1ccc(Cl)cc1)C(=O)CN(c1ccc(F)cc1)S(=O)(=O)c1ccc(OCC)cc1. The fourth-order valence-corrected chi connectivity index (χ4v) is 6.52. The summed E-state index contributed by atoms with van der Waals surface area (Å²) in [5, 5.41) is 3.47. The maximum Gasteiger partial charge on any atom is 0.264 e. The largest absolute Gasteiger partial charge is 0.494 e. The molecule has 0 spiro atoms. The van der Waals surface area contributed by atoms with Gasteiger partial charge in [0.15, 0.2) is 0 Å². The monoisotopic (exact) mass is 679 g/mol. The lowest BCUT2D eigenvalue weighted by atomic mass is 10.0. The Labute approximate surface area is 281 Å². The van der Waals surface area contributed by atoms with E-state index < -0.39 is 34.3 Å². The molecular formula is C36H39ClFN3O5S. The van der Waals surface area contributed by atoms with Crippen molar-refractivity contribution in [2.24, 2.45) is 0 Å². The van der Waals surface area contributed by atoms with E-state index in [9.17, 15) is 22.4 Å². The molecule has 0 fully saturated rings. The number of carbonyl (C=O) groups excluding carboxylic acids is 2. The summed E-state index contributed by atoms with van der Waals surface area (Å²) < 4.78 is 48.6. The zero-order valence-corrected chi connectivity index (χ0v) is 28.0. The molecule has 0 saturated carbocycles. The molecule has 0 aliphatic rings. The minimum atomic E-state index is -4.34. The van der Waals surface area contributed by atoms with Gasteiger partial charge in [-0.05, 0) is 85.1 Å². The van der Waals surface area contributed by atoms with Gasteiger partial charge in [0, 0.05) is 24.5 Å². The Bertz CT molecular complexity index is 1700. The van der Waals surface area contributed by atoms with Gasteiger partial charge in [-0.15, -0.1) is 0 Å². The molecule has 0 radical (unpaired) electrons. The molecule has 1 N–H and O–H groups in total. The molecule has 4 aromatic carbocycles. The van der Waals surface area contributed by atoms with Gasteiger partial charge in [-0.2, -0.15) is 0 Å². The minimum absolute atomic E-state index is 0.00899. The number of carbonyl (C=O) groups is 2. The van der Waals surface area contributed by atoms with Crippen LogP contribution < -0.4 is 14.4 Å². The molecule has 0 aromatic heterocycles. The van der Waals surface area contributed by atoms with Crippen LogP contribution in [0.5, 0.6) is 5.75 Å². The number of amides is 2. The van der Waals surface area contributed by atoms with Crippen molar-refractivity contribution in [2.75, 3.05) is 24.0 Å². The smallest absolute Gasteiger partial charge is 0.264 e. The highest BCUT2D eigenvalue weighted by atomic mass is 35.5. The summed E-state index contributed by atoms with van der Waals surface area (Å²) in [6.07, 6.45) is 1.82. The number of hydrogen-bond donors (Lipinski definition) is 1. The zero-order valence-electron chi connectivity index (χ0n) is 26.4. The van der Waals surface area contributed by atoms with Gasteiger partial charge in [0.25, 0.3) is 10.0 Å². The van der Waals surface area contributed by atoms with Crippen LogP contribution in [-0.2, 0) is 32.6 Å². The molecule has 8 nitrogen and oxygen atoms in total. The fourth-order valence-electron chi connectivity index (χ4n) is 4.98. The van der Waals surface area contributed by atoms with Gasteiger partial charge in [-0.3, -0.25) is 13.9 Å². The molecule has 0 saturated heterocycles. The second kappa shape index (κ2) is 16.9. The van der Waals surface area contributed by atoms with Crippen LogP contribution in [0.15, 0.2) is 108 Å². The van der Waals surface area contributed by atoms with Crippen LogP contribution in [0.1, 0.15) is 37.8 Å². The third-order valence-corrected chi connectivity index (χ3v) is 9.52. The lowest BCUT2D eigenvalue weighted by molar-refractivity contribution is -0.140. The lowest BCUT2D eigenvalue weighted by Crippen LogP contribution is -2.53. The Morgan fingerprint density at radius 2 is 1.53 bits per heavy atom. The summed E-state index contributed by atoms with van der Waals surface area (Å²) in [7, 11) is -4.34. The number of anilines is 1. The molecular weight excluding hydrogens is 641 g/mol. The Morgan fingerprint density at radius 1 is 0.872 bits per heavy atom. The van der Waals surface area contributed by atoms with Crippen molar-refractivity contribution in [2.45, 2.75) is 50.6 Å². The summed E-state index contributed by atoms with van der Waals surface area (Å²) >= 11 is 6.13. The molecule has 11 heteroatoms. The molecule has 0 bridgehead atoms. The number of sulfonamides is 1. The van der Waals surface area contributed by atoms with E-state index in [2.05, 4.69) is 5.32 Å². The number of hydrogen-bond acceptors (Lipinski definition) is 5. The van der Waals surface area contributed by atoms with E-state index in [0.29, 0.717) is 29.5 Å². The Balaban J connectivity index is 1.77. The van der Waals surface area contributed by atoms with Gasteiger partial charge in [-0.1, -0.05) is 67.4 Å². The average Bonchev–Trinajstić information content (AvgIpc) is 3.07. The molecule has 0 aliphatic heterocycles. The van der Waals surface area contributed by atoms with Crippen molar-refractivity contribution in [1.29, 1.82) is 0 Å². The molecule has 0 heterocycles. The molecule has 1 atom stereocenters. The highest BCUT2D eigenvalue weighted by molar-refractivity contribution is 7.92. The first-order valence-electron chi connectivity index (χ1n) is 15.5. The summed E-state index contributed by atoms with van der Waals surface area (Å²) in [6.45, 7) is 4.02. The van der Waals surface area contributed by atoms with Gasteiger partial charge >= 0.3 is 0 Å². The number of benzene rings is 4. The second-order valence-corrected chi connectivity index (χ2v) is 13.2. The Kier molecular flexibility index (Phi) is 12.8.